The van der Waals surface area contributed by atoms with Gasteiger partial charge in [-0.3, -0.25) is 9.69 Å². The van der Waals surface area contributed by atoms with Gasteiger partial charge in [-0.1, -0.05) is 6.92 Å². The van der Waals surface area contributed by atoms with E-state index >= 15 is 0 Å². The minimum atomic E-state index is -1.14. The van der Waals surface area contributed by atoms with Gasteiger partial charge in [0.2, 0.25) is 11.9 Å². The molecule has 0 aromatic carbocycles. The Morgan fingerprint density at radius 3 is 2.45 bits per heavy atom. The van der Waals surface area contributed by atoms with Gasteiger partial charge in [0.05, 0.1) is 18.1 Å². The summed E-state index contributed by atoms with van der Waals surface area (Å²) in [6.07, 6.45) is 5.48. The lowest BCUT2D eigenvalue weighted by atomic mass is 9.79. The maximum atomic E-state index is 11.7. The molecule has 1 aromatic heterocycles. The second-order valence-electron chi connectivity index (χ2n) is 7.73. The molecule has 158 valence electrons. The molecular weight excluding hydrogens is 394 g/mol. The Kier molecular flexibility index (Phi) is 6.45. The van der Waals surface area contributed by atoms with E-state index in [1.807, 2.05) is 6.92 Å². The van der Waals surface area contributed by atoms with Gasteiger partial charge in [0, 0.05) is 35.3 Å². The van der Waals surface area contributed by atoms with E-state index in [1.165, 1.54) is 30.8 Å². The molecule has 29 heavy (non-hydrogen) atoms. The van der Waals surface area contributed by atoms with Crippen molar-refractivity contribution in [3.05, 3.63) is 28.6 Å². The zero-order chi connectivity index (χ0) is 21.3. The number of carbonyl (C=O) groups is 2. The van der Waals surface area contributed by atoms with E-state index in [-0.39, 0.29) is 23.6 Å². The number of thiol groups is 1. The highest BCUT2D eigenvalue weighted by Gasteiger charge is 2.59. The summed E-state index contributed by atoms with van der Waals surface area (Å²) in [6, 6.07) is -0.258. The topological polar surface area (TPSA) is 133 Å². The first-order valence-corrected chi connectivity index (χ1v) is 10.1. The minimum Gasteiger partial charge on any atom is -0.477 e. The molecular formula is C19H27N5O4S. The van der Waals surface area contributed by atoms with Crippen molar-refractivity contribution in [2.75, 3.05) is 18.8 Å². The van der Waals surface area contributed by atoms with Crippen LogP contribution in [-0.2, 0) is 16.1 Å². The average Bonchev–Trinajstić information content (AvgIpc) is 3.24. The number of aliphatic hydroxyl groups is 1. The molecule has 4 unspecified atom stereocenters. The van der Waals surface area contributed by atoms with Crippen LogP contribution in [0.1, 0.15) is 32.3 Å². The van der Waals surface area contributed by atoms with Crippen molar-refractivity contribution in [3.63, 3.8) is 0 Å². The molecule has 0 radical (unpaired) electrons. The van der Waals surface area contributed by atoms with Crippen molar-refractivity contribution < 1.29 is 19.8 Å². The number of fused-ring (bicyclic) bond motifs is 1. The number of β-lactam (4-membered cyclic amide) rings is 1. The lowest BCUT2D eigenvalue weighted by Crippen LogP contribution is -2.63. The highest BCUT2D eigenvalue weighted by atomic mass is 32.1. The molecule has 9 nitrogen and oxygen atoms in total. The summed E-state index contributed by atoms with van der Waals surface area (Å²) in [6.45, 7) is 6.72. The fourth-order valence-electron chi connectivity index (χ4n) is 4.18. The summed E-state index contributed by atoms with van der Waals surface area (Å²) in [5.74, 6) is -1.75. The molecule has 0 aliphatic carbocycles. The zero-order valence-corrected chi connectivity index (χ0v) is 17.4. The van der Waals surface area contributed by atoms with Gasteiger partial charge >= 0.3 is 5.97 Å². The first-order chi connectivity index (χ1) is 13.7. The highest BCUT2D eigenvalue weighted by molar-refractivity contribution is 7.84. The number of aliphatic carboxylic acids is 1. The van der Waals surface area contributed by atoms with E-state index < -0.39 is 18.0 Å². The van der Waals surface area contributed by atoms with Crippen molar-refractivity contribution in [2.24, 2.45) is 11.8 Å². The van der Waals surface area contributed by atoms with E-state index in [2.05, 4.69) is 27.5 Å². The lowest BCUT2D eigenvalue weighted by Gasteiger charge is -2.46. The molecule has 1 aromatic rings. The van der Waals surface area contributed by atoms with Gasteiger partial charge in [-0.2, -0.15) is 0 Å². The van der Waals surface area contributed by atoms with Crippen LogP contribution in [0.5, 0.6) is 0 Å². The number of nitrogens with two attached hydrogens (primary N) is 1. The number of anilines is 1. The molecule has 0 spiro atoms. The van der Waals surface area contributed by atoms with Gasteiger partial charge in [0.25, 0.3) is 0 Å². The maximum Gasteiger partial charge on any atom is 0.353 e. The number of carboxylic acids is 1. The van der Waals surface area contributed by atoms with Crippen LogP contribution in [0.25, 0.3) is 0 Å². The van der Waals surface area contributed by atoms with Crippen LogP contribution in [0, 0.1) is 11.8 Å². The fourth-order valence-corrected chi connectivity index (χ4v) is 4.53. The summed E-state index contributed by atoms with van der Waals surface area (Å²) in [7, 11) is 0. The number of aliphatic hydroxyl groups excluding tert-OH is 1. The Morgan fingerprint density at radius 2 is 1.93 bits per heavy atom. The van der Waals surface area contributed by atoms with Gasteiger partial charge in [-0.15, -0.1) is 12.6 Å². The number of likely N-dealkylation sites (tertiary alicyclic amines) is 1. The van der Waals surface area contributed by atoms with E-state index in [0.29, 0.717) is 10.9 Å². The predicted molar refractivity (Wildman–Crippen MR) is 110 cm³/mol. The molecule has 0 bridgehead atoms. The predicted octanol–water partition coefficient (Wildman–Crippen LogP) is 0.724. The second kappa shape index (κ2) is 8.68. The van der Waals surface area contributed by atoms with E-state index in [0.717, 1.165) is 12.1 Å². The smallest absolute Gasteiger partial charge is 0.353 e. The molecule has 4 heterocycles. The number of hydrogen-bond donors (Lipinski definition) is 4. The Bertz CT molecular complexity index is 807. The molecule has 3 aliphatic rings. The lowest BCUT2D eigenvalue weighted by molar-refractivity contribution is -0.163. The first-order valence-electron chi connectivity index (χ1n) is 9.68. The van der Waals surface area contributed by atoms with Crippen LogP contribution >= 0.6 is 12.6 Å². The number of hydrogen-bond acceptors (Lipinski definition) is 8. The molecule has 1 amide bonds. The van der Waals surface area contributed by atoms with Crippen LogP contribution in [0.2, 0.25) is 0 Å². The Morgan fingerprint density at radius 1 is 1.34 bits per heavy atom. The molecule has 10 heteroatoms. The van der Waals surface area contributed by atoms with Gasteiger partial charge in [-0.25, -0.2) is 14.8 Å². The summed E-state index contributed by atoms with van der Waals surface area (Å²) < 4.78 is 0. The molecule has 2 saturated heterocycles. The molecule has 4 rings (SSSR count). The molecule has 4 atom stereocenters. The van der Waals surface area contributed by atoms with Gasteiger partial charge in [-0.05, 0) is 32.9 Å². The summed E-state index contributed by atoms with van der Waals surface area (Å²) in [5, 5.41) is 18.5. The van der Waals surface area contributed by atoms with Crippen molar-refractivity contribution in [1.29, 1.82) is 0 Å². The van der Waals surface area contributed by atoms with Crippen molar-refractivity contribution >= 4 is 30.5 Å². The van der Waals surface area contributed by atoms with Crippen LogP contribution in [0.3, 0.4) is 0 Å². The number of aromatic nitrogens is 2. The van der Waals surface area contributed by atoms with Crippen LogP contribution in [-0.4, -0.2) is 67.1 Å². The third-order valence-electron chi connectivity index (χ3n) is 5.67. The van der Waals surface area contributed by atoms with Crippen LogP contribution in [0.4, 0.5) is 5.95 Å². The van der Waals surface area contributed by atoms with Gasteiger partial charge in [0.1, 0.15) is 5.70 Å². The maximum absolute atomic E-state index is 11.7. The van der Waals surface area contributed by atoms with Gasteiger partial charge < -0.3 is 20.8 Å². The Balaban J connectivity index is 0.000000169. The minimum absolute atomic E-state index is 0.0391. The van der Waals surface area contributed by atoms with E-state index in [4.69, 9.17) is 10.8 Å². The third kappa shape index (κ3) is 4.24. The molecule has 3 aliphatic heterocycles. The van der Waals surface area contributed by atoms with Crippen molar-refractivity contribution in [3.8, 4) is 0 Å². The summed E-state index contributed by atoms with van der Waals surface area (Å²) in [4.78, 5) is 34.7. The molecule has 4 N–H and O–H groups in total. The standard InChI is InChI=1S/C10H13NO4S.C9H14N4/c1-3-6-5(4(2)12)9(13)11(6)7(8(3)16)10(14)15;10-9-11-5-8(6-12-9)7-13-3-1-2-4-13/h3-6,12,16H,1-2H3,(H,14,15);5-6H,1-4,7H2,(H2,10,11,12). The normalized spacial score (nSPS) is 27.2. The third-order valence-corrected chi connectivity index (χ3v) is 6.29. The monoisotopic (exact) mass is 421 g/mol. The van der Waals surface area contributed by atoms with Crippen molar-refractivity contribution in [1.82, 2.24) is 19.8 Å². The summed E-state index contributed by atoms with van der Waals surface area (Å²) >= 11 is 4.15. The quantitative estimate of drug-likeness (QED) is 0.413. The Hall–Kier alpha value is -2.17. The first kappa shape index (κ1) is 21.5. The summed E-state index contributed by atoms with van der Waals surface area (Å²) in [5.41, 5.74) is 6.51. The van der Waals surface area contributed by atoms with E-state index in [9.17, 15) is 14.7 Å². The SMILES string of the molecule is CC(O)C1C(=O)N2C(C(=O)O)=C(S)C(C)C12.Nc1ncc(CN2CCCC2)cn1. The number of rotatable bonds is 4. The largest absolute Gasteiger partial charge is 0.477 e. The molecule has 0 saturated carbocycles. The number of nitrogen functional groups attached to an aromatic ring is 1. The number of carbonyl (C=O) groups excluding carboxylic acids is 1. The second-order valence-corrected chi connectivity index (χ2v) is 8.21. The highest BCUT2D eigenvalue weighted by Crippen LogP contribution is 2.47. The zero-order valence-electron chi connectivity index (χ0n) is 16.5. The van der Waals surface area contributed by atoms with Gasteiger partial charge in [0.15, 0.2) is 0 Å². The number of carboxylic acid groups (broad SMARTS) is 1. The number of nitrogens with zero attached hydrogens (tertiary/aromatic N) is 4. The fraction of sp³-hybridized carbons (Fsp3) is 0.579. The van der Waals surface area contributed by atoms with E-state index in [1.54, 1.807) is 19.3 Å². The average molecular weight is 422 g/mol. The molecule has 2 fully saturated rings. The number of amides is 1. The van der Waals surface area contributed by atoms with Crippen LogP contribution in [0.15, 0.2) is 23.0 Å². The Labute approximate surface area is 175 Å². The van der Waals surface area contributed by atoms with Crippen LogP contribution < -0.4 is 5.73 Å². The van der Waals surface area contributed by atoms with Crippen molar-refractivity contribution in [2.45, 2.75) is 45.4 Å².